The zero-order valence-electron chi connectivity index (χ0n) is 17.3. The van der Waals surface area contributed by atoms with Gasteiger partial charge in [0.2, 0.25) is 0 Å². The Morgan fingerprint density at radius 2 is 1.67 bits per heavy atom. The highest BCUT2D eigenvalue weighted by Crippen LogP contribution is 2.43. The number of carbonyl (C=O) groups is 1. The second kappa shape index (κ2) is 7.67. The maximum atomic E-state index is 13.2. The number of nitrogens with one attached hydrogen (secondary N) is 2. The van der Waals surface area contributed by atoms with E-state index in [2.05, 4.69) is 16.9 Å². The monoisotopic (exact) mass is 400 g/mol. The lowest BCUT2D eigenvalue weighted by molar-refractivity contribution is 0.0940. The van der Waals surface area contributed by atoms with Crippen molar-refractivity contribution in [2.75, 3.05) is 0 Å². The van der Waals surface area contributed by atoms with Crippen LogP contribution in [0.4, 0.5) is 0 Å². The molecule has 2 heterocycles. The fraction of sp³-hybridized carbons (Fsp3) is 0.200. The van der Waals surface area contributed by atoms with Gasteiger partial charge in [-0.05, 0) is 62.1 Å². The van der Waals surface area contributed by atoms with Crippen LogP contribution in [0.15, 0.2) is 59.9 Å². The van der Waals surface area contributed by atoms with E-state index in [9.17, 15) is 9.59 Å². The van der Waals surface area contributed by atoms with E-state index in [4.69, 9.17) is 4.74 Å². The molecule has 1 amide bonds. The van der Waals surface area contributed by atoms with Crippen LogP contribution in [-0.4, -0.2) is 10.9 Å². The second-order valence-corrected chi connectivity index (χ2v) is 7.75. The summed E-state index contributed by atoms with van der Waals surface area (Å²) in [6, 6.07) is 13.0. The molecule has 0 spiro atoms. The molecule has 0 aliphatic carbocycles. The van der Waals surface area contributed by atoms with Gasteiger partial charge in [0.05, 0.1) is 6.04 Å². The molecule has 1 aliphatic heterocycles. The molecule has 0 atom stereocenters. The number of fused-ring (bicyclic) bond motifs is 2. The Kier molecular flexibility index (Phi) is 5.04. The molecular formula is C25H24N2O3. The number of benzene rings is 2. The third-order valence-corrected chi connectivity index (χ3v) is 5.41. The minimum Gasteiger partial charge on any atom is -0.457 e. The van der Waals surface area contributed by atoms with Crippen molar-refractivity contribution >= 4 is 5.91 Å². The molecule has 0 saturated heterocycles. The highest BCUT2D eigenvalue weighted by molar-refractivity contribution is 5.94. The smallest absolute Gasteiger partial charge is 0.261 e. The first-order valence-electron chi connectivity index (χ1n) is 9.91. The molecule has 3 aromatic rings. The lowest BCUT2D eigenvalue weighted by Gasteiger charge is -2.29. The van der Waals surface area contributed by atoms with Gasteiger partial charge in [-0.15, -0.1) is 6.58 Å². The fourth-order valence-corrected chi connectivity index (χ4v) is 3.79. The molecule has 0 unspecified atom stereocenters. The van der Waals surface area contributed by atoms with Crippen LogP contribution in [0, 0.1) is 20.8 Å². The van der Waals surface area contributed by atoms with E-state index in [-0.39, 0.29) is 5.56 Å². The molecule has 0 fully saturated rings. The Bertz CT molecular complexity index is 1170. The molecule has 0 bridgehead atoms. The van der Waals surface area contributed by atoms with E-state index in [1.54, 1.807) is 12.1 Å². The molecule has 5 heteroatoms. The number of pyridine rings is 1. The zero-order chi connectivity index (χ0) is 21.4. The highest BCUT2D eigenvalue weighted by atomic mass is 16.5. The summed E-state index contributed by atoms with van der Waals surface area (Å²) in [5.74, 6) is 0.999. The second-order valence-electron chi connectivity index (χ2n) is 7.75. The third kappa shape index (κ3) is 3.54. The number of aromatic amines is 1. The van der Waals surface area contributed by atoms with Crippen LogP contribution < -0.4 is 15.6 Å². The van der Waals surface area contributed by atoms with Crippen molar-refractivity contribution in [3.05, 3.63) is 105 Å². The number of hydrogen-bond acceptors (Lipinski definition) is 3. The minimum atomic E-state index is -0.425. The maximum Gasteiger partial charge on any atom is 0.261 e. The summed E-state index contributed by atoms with van der Waals surface area (Å²) in [5.41, 5.74) is 5.15. The average Bonchev–Trinajstić information content (AvgIpc) is 2.69. The van der Waals surface area contributed by atoms with Crippen molar-refractivity contribution < 1.29 is 9.53 Å². The van der Waals surface area contributed by atoms with Crippen molar-refractivity contribution in [3.63, 3.8) is 0 Å². The van der Waals surface area contributed by atoms with Crippen LogP contribution in [0.1, 0.15) is 49.9 Å². The van der Waals surface area contributed by atoms with Gasteiger partial charge in [-0.1, -0.05) is 30.3 Å². The van der Waals surface area contributed by atoms with Gasteiger partial charge in [0.15, 0.2) is 0 Å². The van der Waals surface area contributed by atoms with Gasteiger partial charge >= 0.3 is 0 Å². The zero-order valence-corrected chi connectivity index (χ0v) is 17.3. The van der Waals surface area contributed by atoms with Crippen molar-refractivity contribution in [2.24, 2.45) is 0 Å². The Morgan fingerprint density at radius 1 is 1.07 bits per heavy atom. The lowest BCUT2D eigenvalue weighted by Crippen LogP contribution is -2.35. The number of rotatable bonds is 4. The largest absolute Gasteiger partial charge is 0.457 e. The average molecular weight is 400 g/mol. The Labute approximate surface area is 175 Å². The Hall–Kier alpha value is -3.60. The number of H-pyrrole nitrogens is 1. The molecule has 152 valence electrons. The SMILES string of the molecule is C=CCc1cc(C(=O)NC2c3ccc(C)cc3Oc3cc(C)ccc32)c(=O)[nH]c1C. The normalized spacial score (nSPS) is 12.5. The summed E-state index contributed by atoms with van der Waals surface area (Å²) in [5, 5.41) is 3.05. The summed E-state index contributed by atoms with van der Waals surface area (Å²) in [6.07, 6.45) is 2.32. The topological polar surface area (TPSA) is 71.2 Å². The molecule has 2 N–H and O–H groups in total. The van der Waals surface area contributed by atoms with E-state index >= 15 is 0 Å². The maximum absolute atomic E-state index is 13.2. The molecule has 5 nitrogen and oxygen atoms in total. The minimum absolute atomic E-state index is 0.0891. The van der Waals surface area contributed by atoms with Gasteiger partial charge in [-0.3, -0.25) is 9.59 Å². The van der Waals surface area contributed by atoms with Crippen LogP contribution in [0.3, 0.4) is 0 Å². The van der Waals surface area contributed by atoms with Crippen LogP contribution in [0.5, 0.6) is 11.5 Å². The molecule has 0 saturated carbocycles. The van der Waals surface area contributed by atoms with Crippen molar-refractivity contribution in [1.29, 1.82) is 0 Å². The first kappa shape index (κ1) is 19.7. The van der Waals surface area contributed by atoms with Gasteiger partial charge in [-0.2, -0.15) is 0 Å². The summed E-state index contributed by atoms with van der Waals surface area (Å²) in [4.78, 5) is 28.4. The van der Waals surface area contributed by atoms with Gasteiger partial charge in [0.1, 0.15) is 17.1 Å². The number of ether oxygens (including phenoxy) is 1. The Balaban J connectivity index is 1.77. The molecule has 30 heavy (non-hydrogen) atoms. The summed E-state index contributed by atoms with van der Waals surface area (Å²) in [7, 11) is 0. The van der Waals surface area contributed by atoms with Crippen molar-refractivity contribution in [3.8, 4) is 11.5 Å². The van der Waals surface area contributed by atoms with Crippen molar-refractivity contribution in [1.82, 2.24) is 10.3 Å². The van der Waals surface area contributed by atoms with E-state index in [1.807, 2.05) is 57.2 Å². The van der Waals surface area contributed by atoms with Gasteiger partial charge in [0.25, 0.3) is 11.5 Å². The lowest BCUT2D eigenvalue weighted by atomic mass is 9.92. The van der Waals surface area contributed by atoms with E-state index < -0.39 is 17.5 Å². The molecular weight excluding hydrogens is 376 g/mol. The molecule has 2 aromatic carbocycles. The first-order chi connectivity index (χ1) is 14.4. The predicted octanol–water partition coefficient (Wildman–Crippen LogP) is 4.65. The standard InChI is InChI=1S/C25H24N2O3/c1-5-6-17-13-20(24(28)26-16(17)4)25(29)27-23-18-9-7-14(2)11-21(18)30-22-12-15(3)8-10-19(22)23/h5,7-13,23H,1,6H2,2-4H3,(H,26,28)(H,27,29). The van der Waals surface area contributed by atoms with E-state index in [0.717, 1.165) is 33.5 Å². The molecule has 4 rings (SSSR count). The van der Waals surface area contributed by atoms with Crippen LogP contribution in [0.25, 0.3) is 0 Å². The first-order valence-corrected chi connectivity index (χ1v) is 9.91. The molecule has 1 aliphatic rings. The van der Waals surface area contributed by atoms with Crippen molar-refractivity contribution in [2.45, 2.75) is 33.2 Å². The van der Waals surface area contributed by atoms with E-state index in [0.29, 0.717) is 17.9 Å². The summed E-state index contributed by atoms with van der Waals surface area (Å²) >= 11 is 0. The highest BCUT2D eigenvalue weighted by Gasteiger charge is 2.29. The number of aromatic nitrogens is 1. The molecule has 1 aromatic heterocycles. The third-order valence-electron chi connectivity index (χ3n) is 5.41. The van der Waals surface area contributed by atoms with Gasteiger partial charge < -0.3 is 15.0 Å². The number of amides is 1. The van der Waals surface area contributed by atoms with Gasteiger partial charge in [0, 0.05) is 16.8 Å². The number of carbonyl (C=O) groups excluding carboxylic acids is 1. The quantitative estimate of drug-likeness (QED) is 0.626. The number of aryl methyl sites for hydroxylation is 3. The van der Waals surface area contributed by atoms with Crippen LogP contribution in [0.2, 0.25) is 0 Å². The Morgan fingerprint density at radius 3 is 2.23 bits per heavy atom. The summed E-state index contributed by atoms with van der Waals surface area (Å²) < 4.78 is 6.12. The fourth-order valence-electron chi connectivity index (χ4n) is 3.79. The summed E-state index contributed by atoms with van der Waals surface area (Å²) in [6.45, 7) is 9.55. The predicted molar refractivity (Wildman–Crippen MR) is 117 cm³/mol. The molecule has 0 radical (unpaired) electrons. The van der Waals surface area contributed by atoms with Crippen LogP contribution >= 0.6 is 0 Å². The van der Waals surface area contributed by atoms with Gasteiger partial charge in [-0.25, -0.2) is 0 Å². The number of hydrogen-bond donors (Lipinski definition) is 2. The van der Waals surface area contributed by atoms with Crippen LogP contribution in [-0.2, 0) is 6.42 Å². The number of allylic oxidation sites excluding steroid dienone is 1. The van der Waals surface area contributed by atoms with E-state index in [1.165, 1.54) is 0 Å².